The maximum atomic E-state index is 4.55. The lowest BCUT2D eigenvalue weighted by Gasteiger charge is -2.23. The molecule has 82 valence electrons. The van der Waals surface area contributed by atoms with Crippen molar-refractivity contribution in [3.05, 3.63) is 35.2 Å². The molecule has 1 nitrogen and oxygen atoms in total. The number of aromatic nitrogens is 1. The van der Waals surface area contributed by atoms with Gasteiger partial charge in [0.05, 0.1) is 5.69 Å². The van der Waals surface area contributed by atoms with Crippen LogP contribution in [0.5, 0.6) is 0 Å². The third-order valence-electron chi connectivity index (χ3n) is 2.57. The van der Waals surface area contributed by atoms with Crippen molar-refractivity contribution in [1.82, 2.24) is 4.98 Å². The summed E-state index contributed by atoms with van der Waals surface area (Å²) < 4.78 is 0. The highest BCUT2D eigenvalue weighted by atomic mass is 14.7. The van der Waals surface area contributed by atoms with Gasteiger partial charge in [-0.2, -0.15) is 0 Å². The zero-order chi connectivity index (χ0) is 11.6. The minimum atomic E-state index is 0.155. The molecule has 0 fully saturated rings. The van der Waals surface area contributed by atoms with Crippen LogP contribution in [0, 0.1) is 19.3 Å². The van der Waals surface area contributed by atoms with Gasteiger partial charge in [-0.15, -0.1) is 0 Å². The summed E-state index contributed by atoms with van der Waals surface area (Å²) in [5.74, 6) is 0. The van der Waals surface area contributed by atoms with Crippen LogP contribution in [0.2, 0.25) is 0 Å². The van der Waals surface area contributed by atoms with Crippen LogP contribution < -0.4 is 0 Å². The number of hydrogen-bond donors (Lipinski definition) is 0. The molecule has 0 aliphatic heterocycles. The van der Waals surface area contributed by atoms with Gasteiger partial charge in [-0.05, 0) is 42.9 Å². The summed E-state index contributed by atoms with van der Waals surface area (Å²) in [6.45, 7) is 13.0. The molecule has 0 saturated carbocycles. The van der Waals surface area contributed by atoms with Crippen molar-refractivity contribution in [2.24, 2.45) is 5.41 Å². The second kappa shape index (κ2) is 4.18. The van der Waals surface area contributed by atoms with Crippen LogP contribution in [0.25, 0.3) is 5.57 Å². The monoisotopic (exact) mass is 203 g/mol. The first-order valence-electron chi connectivity index (χ1n) is 5.46. The Kier molecular flexibility index (Phi) is 3.33. The number of rotatable bonds is 1. The number of aryl methyl sites for hydroxylation is 2. The smallest absolute Gasteiger partial charge is 0.0692 e. The lowest BCUT2D eigenvalue weighted by Crippen LogP contribution is -2.10. The molecule has 1 rings (SSSR count). The van der Waals surface area contributed by atoms with Gasteiger partial charge < -0.3 is 0 Å². The molecule has 0 aliphatic carbocycles. The molecule has 0 radical (unpaired) electrons. The fourth-order valence-corrected chi connectivity index (χ4v) is 1.92. The lowest BCUT2D eigenvalue weighted by atomic mass is 9.83. The van der Waals surface area contributed by atoms with Crippen molar-refractivity contribution in [3.63, 3.8) is 0 Å². The molecule has 0 unspecified atom stereocenters. The standard InChI is InChI=1S/C14H21N/c1-7-12(14(4,5)6)13-11(3)8-10(2)9-15-13/h7-9H,1-6H3/b12-7+. The highest BCUT2D eigenvalue weighted by molar-refractivity contribution is 5.68. The van der Waals surface area contributed by atoms with E-state index in [0.29, 0.717) is 0 Å². The molecule has 1 aromatic heterocycles. The Morgan fingerprint density at radius 1 is 1.27 bits per heavy atom. The molecule has 0 atom stereocenters. The van der Waals surface area contributed by atoms with E-state index in [1.54, 1.807) is 0 Å². The van der Waals surface area contributed by atoms with Gasteiger partial charge >= 0.3 is 0 Å². The summed E-state index contributed by atoms with van der Waals surface area (Å²) in [5, 5.41) is 0. The molecule has 1 heterocycles. The van der Waals surface area contributed by atoms with E-state index in [1.807, 2.05) is 6.20 Å². The van der Waals surface area contributed by atoms with Crippen LogP contribution in [0.1, 0.15) is 44.5 Å². The van der Waals surface area contributed by atoms with Crippen molar-refractivity contribution in [1.29, 1.82) is 0 Å². The minimum absolute atomic E-state index is 0.155. The number of allylic oxidation sites excluding steroid dienone is 2. The summed E-state index contributed by atoms with van der Waals surface area (Å²) in [7, 11) is 0. The number of pyridine rings is 1. The fraction of sp³-hybridized carbons (Fsp3) is 0.500. The van der Waals surface area contributed by atoms with E-state index in [4.69, 9.17) is 0 Å². The number of hydrogen-bond acceptors (Lipinski definition) is 1. The summed E-state index contributed by atoms with van der Waals surface area (Å²) in [6, 6.07) is 2.19. The van der Waals surface area contributed by atoms with Crippen molar-refractivity contribution < 1.29 is 0 Å². The number of nitrogens with zero attached hydrogens (tertiary/aromatic N) is 1. The highest BCUT2D eigenvalue weighted by Gasteiger charge is 2.20. The van der Waals surface area contributed by atoms with Gasteiger partial charge in [-0.1, -0.05) is 32.9 Å². The van der Waals surface area contributed by atoms with Crippen LogP contribution >= 0.6 is 0 Å². The van der Waals surface area contributed by atoms with Gasteiger partial charge in [0.2, 0.25) is 0 Å². The summed E-state index contributed by atoms with van der Waals surface area (Å²) in [4.78, 5) is 4.55. The highest BCUT2D eigenvalue weighted by Crippen LogP contribution is 2.34. The molecule has 0 saturated heterocycles. The largest absolute Gasteiger partial charge is 0.256 e. The first kappa shape index (κ1) is 12.0. The van der Waals surface area contributed by atoms with E-state index in [9.17, 15) is 0 Å². The van der Waals surface area contributed by atoms with Gasteiger partial charge in [0, 0.05) is 6.20 Å². The molecular weight excluding hydrogens is 182 g/mol. The first-order chi connectivity index (χ1) is 6.86. The Labute approximate surface area is 93.2 Å². The third kappa shape index (κ3) is 2.68. The third-order valence-corrected chi connectivity index (χ3v) is 2.57. The van der Waals surface area contributed by atoms with Crippen molar-refractivity contribution in [2.75, 3.05) is 0 Å². The van der Waals surface area contributed by atoms with Crippen LogP contribution in [-0.4, -0.2) is 4.98 Å². The minimum Gasteiger partial charge on any atom is -0.256 e. The van der Waals surface area contributed by atoms with E-state index in [2.05, 4.69) is 58.7 Å². The van der Waals surface area contributed by atoms with Crippen molar-refractivity contribution in [3.8, 4) is 0 Å². The molecule has 0 aliphatic rings. The Bertz CT molecular complexity index is 381. The summed E-state index contributed by atoms with van der Waals surface area (Å²) in [6.07, 6.45) is 4.11. The van der Waals surface area contributed by atoms with Crippen molar-refractivity contribution in [2.45, 2.75) is 41.5 Å². The van der Waals surface area contributed by atoms with E-state index in [-0.39, 0.29) is 5.41 Å². The van der Waals surface area contributed by atoms with Crippen LogP contribution in [-0.2, 0) is 0 Å². The molecule has 0 amide bonds. The molecule has 1 aromatic rings. The van der Waals surface area contributed by atoms with Crippen LogP contribution in [0.3, 0.4) is 0 Å². The van der Waals surface area contributed by atoms with E-state index >= 15 is 0 Å². The first-order valence-corrected chi connectivity index (χ1v) is 5.46. The topological polar surface area (TPSA) is 12.9 Å². The molecule has 15 heavy (non-hydrogen) atoms. The Morgan fingerprint density at radius 3 is 2.27 bits per heavy atom. The second-order valence-corrected chi connectivity index (χ2v) is 5.13. The van der Waals surface area contributed by atoms with Crippen molar-refractivity contribution >= 4 is 5.57 Å². The SMILES string of the molecule is C/C=C(\c1ncc(C)cc1C)C(C)(C)C. The van der Waals surface area contributed by atoms with Gasteiger partial charge in [0.25, 0.3) is 0 Å². The Hall–Kier alpha value is -1.11. The average molecular weight is 203 g/mol. The molecule has 0 bridgehead atoms. The van der Waals surface area contributed by atoms with Gasteiger partial charge in [0.15, 0.2) is 0 Å². The zero-order valence-electron chi connectivity index (χ0n) is 10.7. The molecule has 0 N–H and O–H groups in total. The lowest BCUT2D eigenvalue weighted by molar-refractivity contribution is 0.563. The quantitative estimate of drug-likeness (QED) is 0.668. The van der Waals surface area contributed by atoms with E-state index < -0.39 is 0 Å². The molecule has 0 spiro atoms. The molecular formula is C14H21N. The maximum absolute atomic E-state index is 4.55. The van der Waals surface area contributed by atoms with Crippen LogP contribution in [0.15, 0.2) is 18.3 Å². The summed E-state index contributed by atoms with van der Waals surface area (Å²) in [5.41, 5.74) is 5.09. The van der Waals surface area contributed by atoms with Gasteiger partial charge in [0.1, 0.15) is 0 Å². The Morgan fingerprint density at radius 2 is 1.87 bits per heavy atom. The Balaban J connectivity index is 3.27. The average Bonchev–Trinajstić information content (AvgIpc) is 2.07. The normalized spacial score (nSPS) is 13.1. The maximum Gasteiger partial charge on any atom is 0.0692 e. The second-order valence-electron chi connectivity index (χ2n) is 5.13. The predicted molar refractivity (Wildman–Crippen MR) is 66.8 cm³/mol. The summed E-state index contributed by atoms with van der Waals surface area (Å²) >= 11 is 0. The molecule has 1 heteroatoms. The molecule has 0 aromatic carbocycles. The van der Waals surface area contributed by atoms with E-state index in [0.717, 1.165) is 5.69 Å². The fourth-order valence-electron chi connectivity index (χ4n) is 1.92. The van der Waals surface area contributed by atoms with Crippen LogP contribution in [0.4, 0.5) is 0 Å². The zero-order valence-corrected chi connectivity index (χ0v) is 10.7. The van der Waals surface area contributed by atoms with E-state index in [1.165, 1.54) is 16.7 Å². The van der Waals surface area contributed by atoms with Gasteiger partial charge in [-0.25, -0.2) is 0 Å². The predicted octanol–water partition coefficient (Wildman–Crippen LogP) is 4.15. The van der Waals surface area contributed by atoms with Gasteiger partial charge in [-0.3, -0.25) is 4.98 Å².